The molecule has 0 aromatic heterocycles. The van der Waals surface area contributed by atoms with Gasteiger partial charge in [-0.05, 0) is 36.8 Å². The molecule has 0 fully saturated rings. The number of hydrazine groups is 1. The van der Waals surface area contributed by atoms with Crippen LogP contribution < -0.4 is 10.3 Å². The molecule has 0 bridgehead atoms. The summed E-state index contributed by atoms with van der Waals surface area (Å²) in [4.78, 5) is 13.1. The molecule has 0 aliphatic carbocycles. The highest BCUT2D eigenvalue weighted by atomic mass is 32.2. The van der Waals surface area contributed by atoms with E-state index in [1.54, 1.807) is 30.0 Å². The summed E-state index contributed by atoms with van der Waals surface area (Å²) in [6, 6.07) is 9.67. The van der Waals surface area contributed by atoms with Crippen molar-refractivity contribution in [3.05, 3.63) is 65.2 Å². The Bertz CT molecular complexity index is 864. The molecule has 0 aliphatic heterocycles. The zero-order chi connectivity index (χ0) is 18.0. The number of aryl methyl sites for hydroxylation is 1. The van der Waals surface area contributed by atoms with E-state index in [4.69, 9.17) is 0 Å². The third-order valence-corrected chi connectivity index (χ3v) is 4.41. The lowest BCUT2D eigenvalue weighted by Crippen LogP contribution is -2.41. The summed E-state index contributed by atoms with van der Waals surface area (Å²) in [7, 11) is -4.34. The number of nitrogens with one attached hydrogen (secondary N) is 2. The first-order valence-corrected chi connectivity index (χ1v) is 8.14. The van der Waals surface area contributed by atoms with Crippen LogP contribution in [-0.2, 0) is 16.2 Å². The van der Waals surface area contributed by atoms with E-state index in [1.165, 1.54) is 6.07 Å². The van der Waals surface area contributed by atoms with Gasteiger partial charge in [0.1, 0.15) is 0 Å². The molecule has 2 rings (SSSR count). The minimum absolute atomic E-state index is 0.240. The standard InChI is InChI=1S/C15H13F3N2O3S/c1-10-5-2-3-8-13(10)14(21)19-20-24(22,23)12-7-4-6-11(9-12)15(16,17)18/h2-9,20H,1H3,(H,19,21). The summed E-state index contributed by atoms with van der Waals surface area (Å²) in [6.07, 6.45) is -4.67. The highest BCUT2D eigenvalue weighted by Crippen LogP contribution is 2.30. The van der Waals surface area contributed by atoms with Crippen LogP contribution >= 0.6 is 0 Å². The van der Waals surface area contributed by atoms with Crippen LogP contribution in [0.1, 0.15) is 21.5 Å². The van der Waals surface area contributed by atoms with Crippen molar-refractivity contribution >= 4 is 15.9 Å². The van der Waals surface area contributed by atoms with Gasteiger partial charge in [-0.15, -0.1) is 4.83 Å². The summed E-state index contributed by atoms with van der Waals surface area (Å²) >= 11 is 0. The van der Waals surface area contributed by atoms with Crippen molar-refractivity contribution in [1.82, 2.24) is 10.3 Å². The average molecular weight is 358 g/mol. The largest absolute Gasteiger partial charge is 0.416 e. The molecule has 128 valence electrons. The Balaban J connectivity index is 2.18. The number of carbonyl (C=O) groups excluding carboxylic acids is 1. The molecule has 0 aliphatic rings. The molecule has 0 heterocycles. The van der Waals surface area contributed by atoms with E-state index < -0.39 is 32.6 Å². The molecule has 0 radical (unpaired) electrons. The van der Waals surface area contributed by atoms with Crippen molar-refractivity contribution in [2.75, 3.05) is 0 Å². The van der Waals surface area contributed by atoms with Gasteiger partial charge in [-0.3, -0.25) is 10.2 Å². The minimum atomic E-state index is -4.67. The third kappa shape index (κ3) is 4.12. The number of hydrogen-bond acceptors (Lipinski definition) is 3. The van der Waals surface area contributed by atoms with Gasteiger partial charge < -0.3 is 0 Å². The van der Waals surface area contributed by atoms with E-state index in [2.05, 4.69) is 0 Å². The first-order valence-electron chi connectivity index (χ1n) is 6.66. The minimum Gasteiger partial charge on any atom is -0.273 e. The normalized spacial score (nSPS) is 12.0. The zero-order valence-corrected chi connectivity index (χ0v) is 13.2. The van der Waals surface area contributed by atoms with Crippen molar-refractivity contribution in [2.24, 2.45) is 0 Å². The number of hydrogen-bond donors (Lipinski definition) is 2. The van der Waals surface area contributed by atoms with Crippen LogP contribution in [0.4, 0.5) is 13.2 Å². The highest BCUT2D eigenvalue weighted by Gasteiger charge is 2.31. The quantitative estimate of drug-likeness (QED) is 0.825. The lowest BCUT2D eigenvalue weighted by Gasteiger charge is -2.11. The summed E-state index contributed by atoms with van der Waals surface area (Å²) in [6.45, 7) is 1.66. The van der Waals surface area contributed by atoms with Crippen molar-refractivity contribution in [3.8, 4) is 0 Å². The van der Waals surface area contributed by atoms with Gasteiger partial charge in [0.2, 0.25) is 0 Å². The summed E-state index contributed by atoms with van der Waals surface area (Å²) < 4.78 is 62.0. The fourth-order valence-corrected chi connectivity index (χ4v) is 2.79. The number of halogens is 3. The maximum Gasteiger partial charge on any atom is 0.416 e. The van der Waals surface area contributed by atoms with Crippen LogP contribution in [0.15, 0.2) is 53.4 Å². The van der Waals surface area contributed by atoms with Gasteiger partial charge in [-0.2, -0.15) is 13.2 Å². The number of carbonyl (C=O) groups is 1. The first kappa shape index (κ1) is 18.0. The van der Waals surface area contributed by atoms with Crippen molar-refractivity contribution in [3.63, 3.8) is 0 Å². The number of sulfonamides is 1. The molecule has 1 amide bonds. The maximum absolute atomic E-state index is 12.7. The monoisotopic (exact) mass is 358 g/mol. The highest BCUT2D eigenvalue weighted by molar-refractivity contribution is 7.89. The van der Waals surface area contributed by atoms with E-state index in [9.17, 15) is 26.4 Å². The maximum atomic E-state index is 12.7. The summed E-state index contributed by atoms with van der Waals surface area (Å²) in [5.41, 5.74) is 1.74. The summed E-state index contributed by atoms with van der Waals surface area (Å²) in [5, 5.41) is 0. The summed E-state index contributed by atoms with van der Waals surface area (Å²) in [5.74, 6) is -0.719. The second-order valence-electron chi connectivity index (χ2n) is 4.90. The van der Waals surface area contributed by atoms with Crippen LogP contribution in [-0.4, -0.2) is 14.3 Å². The molecular formula is C15H13F3N2O3S. The Kier molecular flexibility index (Phi) is 4.95. The molecule has 0 saturated heterocycles. The molecule has 5 nitrogen and oxygen atoms in total. The Morgan fingerprint density at radius 2 is 1.71 bits per heavy atom. The van der Waals surface area contributed by atoms with E-state index >= 15 is 0 Å². The van der Waals surface area contributed by atoms with Crippen LogP contribution in [0.5, 0.6) is 0 Å². The van der Waals surface area contributed by atoms with E-state index in [0.717, 1.165) is 18.2 Å². The number of alkyl halides is 3. The van der Waals surface area contributed by atoms with Gasteiger partial charge in [0.25, 0.3) is 15.9 Å². The smallest absolute Gasteiger partial charge is 0.273 e. The Morgan fingerprint density at radius 1 is 1.04 bits per heavy atom. The van der Waals surface area contributed by atoms with Crippen molar-refractivity contribution in [1.29, 1.82) is 0 Å². The lowest BCUT2D eigenvalue weighted by molar-refractivity contribution is -0.137. The molecule has 2 aromatic rings. The van der Waals surface area contributed by atoms with Crippen molar-refractivity contribution < 1.29 is 26.4 Å². The van der Waals surface area contributed by atoms with Crippen LogP contribution in [0.3, 0.4) is 0 Å². The van der Waals surface area contributed by atoms with E-state index in [-0.39, 0.29) is 5.56 Å². The number of rotatable bonds is 4. The van der Waals surface area contributed by atoms with Gasteiger partial charge in [-0.1, -0.05) is 24.3 Å². The first-order chi connectivity index (χ1) is 11.1. The van der Waals surface area contributed by atoms with Crippen molar-refractivity contribution in [2.45, 2.75) is 18.0 Å². The molecule has 2 N–H and O–H groups in total. The molecule has 9 heteroatoms. The molecule has 24 heavy (non-hydrogen) atoms. The van der Waals surface area contributed by atoms with Gasteiger partial charge in [0, 0.05) is 5.56 Å². The molecule has 0 spiro atoms. The van der Waals surface area contributed by atoms with Crippen LogP contribution in [0.25, 0.3) is 0 Å². The fraction of sp³-hybridized carbons (Fsp3) is 0.133. The Labute approximate surface area is 136 Å². The van der Waals surface area contributed by atoms with Gasteiger partial charge in [-0.25, -0.2) is 8.42 Å². The Hall–Kier alpha value is -2.39. The van der Waals surface area contributed by atoms with Gasteiger partial charge >= 0.3 is 6.18 Å². The van der Waals surface area contributed by atoms with Gasteiger partial charge in [0.05, 0.1) is 10.5 Å². The van der Waals surface area contributed by atoms with E-state index in [1.807, 2.05) is 5.43 Å². The van der Waals surface area contributed by atoms with Crippen LogP contribution in [0.2, 0.25) is 0 Å². The molecule has 0 unspecified atom stereocenters. The zero-order valence-electron chi connectivity index (χ0n) is 12.4. The molecule has 0 atom stereocenters. The average Bonchev–Trinajstić information content (AvgIpc) is 2.52. The second kappa shape index (κ2) is 6.62. The molecule has 2 aromatic carbocycles. The molecular weight excluding hydrogens is 345 g/mol. The predicted octanol–water partition coefficient (Wildman–Crippen LogP) is 2.64. The Morgan fingerprint density at radius 3 is 2.33 bits per heavy atom. The predicted molar refractivity (Wildman–Crippen MR) is 80.4 cm³/mol. The van der Waals surface area contributed by atoms with E-state index in [0.29, 0.717) is 11.6 Å². The van der Waals surface area contributed by atoms with Gasteiger partial charge in [0.15, 0.2) is 0 Å². The molecule has 0 saturated carbocycles. The second-order valence-corrected chi connectivity index (χ2v) is 6.58. The number of amides is 1. The SMILES string of the molecule is Cc1ccccc1C(=O)NNS(=O)(=O)c1cccc(C(F)(F)F)c1. The number of benzene rings is 2. The topological polar surface area (TPSA) is 75.3 Å². The fourth-order valence-electron chi connectivity index (χ4n) is 1.91. The van der Waals surface area contributed by atoms with Crippen LogP contribution in [0, 0.1) is 6.92 Å². The lowest BCUT2D eigenvalue weighted by atomic mass is 10.1. The third-order valence-electron chi connectivity index (χ3n) is 3.16.